The highest BCUT2D eigenvalue weighted by atomic mass is 19.4. The standard InChI is InChI=1S/C17H21F3N2O/c1-11(12-3-2-4-13(9-12)17(18,19)20)14-10-21-7-5-16(14)6-8-22-15(16)23/h2-4,9,11,14,21H,5-8,10H2,1H3,(H,22,23). The van der Waals surface area contributed by atoms with Gasteiger partial charge in [0, 0.05) is 6.54 Å². The molecule has 1 amide bonds. The second kappa shape index (κ2) is 5.82. The molecular weight excluding hydrogens is 305 g/mol. The van der Waals surface area contributed by atoms with E-state index in [1.165, 1.54) is 12.1 Å². The summed E-state index contributed by atoms with van der Waals surface area (Å²) in [7, 11) is 0. The summed E-state index contributed by atoms with van der Waals surface area (Å²) in [4.78, 5) is 12.4. The molecule has 2 fully saturated rings. The molecule has 0 aliphatic carbocycles. The molecule has 23 heavy (non-hydrogen) atoms. The lowest BCUT2D eigenvalue weighted by atomic mass is 9.63. The van der Waals surface area contributed by atoms with Gasteiger partial charge in [-0.05, 0) is 49.4 Å². The summed E-state index contributed by atoms with van der Waals surface area (Å²) in [5.41, 5.74) is -0.429. The minimum atomic E-state index is -4.34. The first-order valence-electron chi connectivity index (χ1n) is 8.01. The molecule has 1 aromatic carbocycles. The Labute approximate surface area is 133 Å². The van der Waals surface area contributed by atoms with Gasteiger partial charge in [-0.2, -0.15) is 13.2 Å². The fourth-order valence-corrected chi connectivity index (χ4v) is 4.12. The summed E-state index contributed by atoms with van der Waals surface area (Å²) in [6, 6.07) is 5.49. The number of alkyl halides is 3. The Morgan fingerprint density at radius 3 is 2.65 bits per heavy atom. The van der Waals surface area contributed by atoms with Gasteiger partial charge >= 0.3 is 6.18 Å². The third kappa shape index (κ3) is 2.84. The number of amides is 1. The second-order valence-electron chi connectivity index (χ2n) is 6.63. The van der Waals surface area contributed by atoms with Gasteiger partial charge in [-0.3, -0.25) is 4.79 Å². The van der Waals surface area contributed by atoms with Gasteiger partial charge < -0.3 is 10.6 Å². The number of benzene rings is 1. The average Bonchev–Trinajstić information content (AvgIpc) is 2.88. The van der Waals surface area contributed by atoms with Gasteiger partial charge in [0.1, 0.15) is 0 Å². The van der Waals surface area contributed by atoms with E-state index < -0.39 is 17.2 Å². The molecule has 3 rings (SSSR count). The van der Waals surface area contributed by atoms with Gasteiger partial charge in [0.05, 0.1) is 11.0 Å². The van der Waals surface area contributed by atoms with Gasteiger partial charge in [0.15, 0.2) is 0 Å². The predicted octanol–water partition coefficient (Wildman–Crippen LogP) is 2.92. The van der Waals surface area contributed by atoms with Crippen LogP contribution in [0.1, 0.15) is 36.8 Å². The van der Waals surface area contributed by atoms with E-state index in [4.69, 9.17) is 0 Å². The van der Waals surface area contributed by atoms with Gasteiger partial charge in [0.25, 0.3) is 0 Å². The molecule has 0 saturated carbocycles. The lowest BCUT2D eigenvalue weighted by Crippen LogP contribution is -2.50. The molecule has 2 aliphatic heterocycles. The highest BCUT2D eigenvalue weighted by molar-refractivity contribution is 5.85. The van der Waals surface area contributed by atoms with Crippen LogP contribution in [-0.4, -0.2) is 25.5 Å². The monoisotopic (exact) mass is 326 g/mol. The van der Waals surface area contributed by atoms with Crippen molar-refractivity contribution in [3.8, 4) is 0 Å². The zero-order valence-electron chi connectivity index (χ0n) is 13.0. The zero-order chi connectivity index (χ0) is 16.7. The Bertz CT molecular complexity index is 602. The average molecular weight is 326 g/mol. The predicted molar refractivity (Wildman–Crippen MR) is 80.9 cm³/mol. The highest BCUT2D eigenvalue weighted by Gasteiger charge is 2.51. The van der Waals surface area contributed by atoms with Crippen LogP contribution in [0.3, 0.4) is 0 Å². The van der Waals surface area contributed by atoms with Crippen LogP contribution >= 0.6 is 0 Å². The fraction of sp³-hybridized carbons (Fsp3) is 0.588. The minimum Gasteiger partial charge on any atom is -0.356 e. The Balaban J connectivity index is 1.92. The van der Waals surface area contributed by atoms with Gasteiger partial charge in [-0.25, -0.2) is 0 Å². The first-order valence-corrected chi connectivity index (χ1v) is 8.01. The van der Waals surface area contributed by atoms with E-state index in [0.29, 0.717) is 18.7 Å². The summed E-state index contributed by atoms with van der Waals surface area (Å²) in [5.74, 6) is -0.0565. The van der Waals surface area contributed by atoms with Crippen LogP contribution in [0.2, 0.25) is 0 Å². The van der Waals surface area contributed by atoms with E-state index in [2.05, 4.69) is 10.6 Å². The van der Waals surface area contributed by atoms with E-state index in [1.807, 2.05) is 6.92 Å². The number of carbonyl (C=O) groups is 1. The normalized spacial score (nSPS) is 29.6. The molecule has 0 aromatic heterocycles. The molecule has 0 bridgehead atoms. The maximum Gasteiger partial charge on any atom is 0.416 e. The van der Waals surface area contributed by atoms with Crippen molar-refractivity contribution >= 4 is 5.91 Å². The molecule has 1 spiro atoms. The zero-order valence-corrected chi connectivity index (χ0v) is 13.0. The van der Waals surface area contributed by atoms with Crippen LogP contribution < -0.4 is 10.6 Å². The summed E-state index contributed by atoms with van der Waals surface area (Å²) in [6.07, 6.45) is -2.84. The Morgan fingerprint density at radius 1 is 1.26 bits per heavy atom. The van der Waals surface area contributed by atoms with Crippen molar-refractivity contribution in [1.82, 2.24) is 10.6 Å². The number of rotatable bonds is 2. The smallest absolute Gasteiger partial charge is 0.356 e. The molecule has 0 radical (unpaired) electrons. The maximum atomic E-state index is 13.0. The lowest BCUT2D eigenvalue weighted by Gasteiger charge is -2.43. The second-order valence-corrected chi connectivity index (χ2v) is 6.63. The van der Waals surface area contributed by atoms with Gasteiger partial charge in [-0.15, -0.1) is 0 Å². The Kier molecular flexibility index (Phi) is 4.12. The van der Waals surface area contributed by atoms with Crippen molar-refractivity contribution < 1.29 is 18.0 Å². The van der Waals surface area contributed by atoms with Crippen LogP contribution in [0.15, 0.2) is 24.3 Å². The van der Waals surface area contributed by atoms with Gasteiger partial charge in [-0.1, -0.05) is 25.1 Å². The Hall–Kier alpha value is -1.56. The summed E-state index contributed by atoms with van der Waals surface area (Å²) < 4.78 is 38.9. The van der Waals surface area contributed by atoms with Crippen LogP contribution in [0.4, 0.5) is 13.2 Å². The third-order valence-corrected chi connectivity index (χ3v) is 5.47. The molecule has 2 aliphatic rings. The molecule has 126 valence electrons. The number of hydrogen-bond donors (Lipinski definition) is 2. The van der Waals surface area contributed by atoms with E-state index in [-0.39, 0.29) is 17.7 Å². The summed E-state index contributed by atoms with van der Waals surface area (Å²) in [6.45, 7) is 4.02. The van der Waals surface area contributed by atoms with Crippen LogP contribution in [0.5, 0.6) is 0 Å². The minimum absolute atomic E-state index is 0.00207. The van der Waals surface area contributed by atoms with Crippen molar-refractivity contribution in [3.63, 3.8) is 0 Å². The van der Waals surface area contributed by atoms with Crippen molar-refractivity contribution in [3.05, 3.63) is 35.4 Å². The number of carbonyl (C=O) groups excluding carboxylic acids is 1. The number of halogens is 3. The molecule has 1 aromatic rings. The lowest BCUT2D eigenvalue weighted by molar-refractivity contribution is -0.138. The molecule has 3 atom stereocenters. The van der Waals surface area contributed by atoms with E-state index in [9.17, 15) is 18.0 Å². The summed E-state index contributed by atoms with van der Waals surface area (Å²) >= 11 is 0. The molecule has 2 heterocycles. The molecule has 3 unspecified atom stereocenters. The van der Waals surface area contributed by atoms with Crippen molar-refractivity contribution in [1.29, 1.82) is 0 Å². The highest BCUT2D eigenvalue weighted by Crippen LogP contribution is 2.47. The first-order chi connectivity index (χ1) is 10.8. The summed E-state index contributed by atoms with van der Waals surface area (Å²) in [5, 5.41) is 6.21. The van der Waals surface area contributed by atoms with Crippen molar-refractivity contribution in [2.24, 2.45) is 11.3 Å². The third-order valence-electron chi connectivity index (χ3n) is 5.47. The number of nitrogens with one attached hydrogen (secondary N) is 2. The van der Waals surface area contributed by atoms with E-state index >= 15 is 0 Å². The van der Waals surface area contributed by atoms with E-state index in [0.717, 1.165) is 25.5 Å². The van der Waals surface area contributed by atoms with Crippen molar-refractivity contribution in [2.75, 3.05) is 19.6 Å². The topological polar surface area (TPSA) is 41.1 Å². The molecule has 2 saturated heterocycles. The van der Waals surface area contributed by atoms with Crippen LogP contribution in [0, 0.1) is 11.3 Å². The molecule has 3 nitrogen and oxygen atoms in total. The van der Waals surface area contributed by atoms with Crippen LogP contribution in [0.25, 0.3) is 0 Å². The maximum absolute atomic E-state index is 13.0. The first kappa shape index (κ1) is 16.3. The van der Waals surface area contributed by atoms with E-state index in [1.54, 1.807) is 6.07 Å². The molecule has 2 N–H and O–H groups in total. The molecular formula is C17H21F3N2O. The van der Waals surface area contributed by atoms with Gasteiger partial charge in [0.2, 0.25) is 5.91 Å². The molecule has 6 heteroatoms. The number of hydrogen-bond acceptors (Lipinski definition) is 2. The quantitative estimate of drug-likeness (QED) is 0.877. The van der Waals surface area contributed by atoms with Crippen molar-refractivity contribution in [2.45, 2.75) is 31.9 Å². The Morgan fingerprint density at radius 2 is 2.00 bits per heavy atom. The number of piperidine rings is 1. The van der Waals surface area contributed by atoms with Crippen LogP contribution in [-0.2, 0) is 11.0 Å². The SMILES string of the molecule is CC(c1cccc(C(F)(F)F)c1)C1CNCCC12CCNC2=O. The fourth-order valence-electron chi connectivity index (χ4n) is 4.12. The largest absolute Gasteiger partial charge is 0.416 e.